The van der Waals surface area contributed by atoms with Crippen LogP contribution in [0.1, 0.15) is 77.7 Å². The van der Waals surface area contributed by atoms with Crippen molar-refractivity contribution in [2.45, 2.75) is 78.2 Å². The highest BCUT2D eigenvalue weighted by molar-refractivity contribution is 6.30. The SMILES string of the molecule is CC(=O)O[C@H]1CC[C@@]2(C)C(=CCC3C4CCC(C(=O)/C=C/c5ccc(Cl)cc5)[C@@]4(C)CCC32)C1. The predicted molar refractivity (Wildman–Crippen MR) is 136 cm³/mol. The number of carbonyl (C=O) groups is 2. The lowest BCUT2D eigenvalue weighted by Crippen LogP contribution is -2.51. The Bertz CT molecular complexity index is 1020. The van der Waals surface area contributed by atoms with Gasteiger partial charge in [0.15, 0.2) is 5.78 Å². The van der Waals surface area contributed by atoms with Crippen molar-refractivity contribution in [2.75, 3.05) is 0 Å². The molecule has 4 aliphatic rings. The van der Waals surface area contributed by atoms with E-state index in [1.165, 1.54) is 18.9 Å². The van der Waals surface area contributed by atoms with E-state index in [4.69, 9.17) is 16.3 Å². The van der Waals surface area contributed by atoms with Crippen molar-refractivity contribution in [3.63, 3.8) is 0 Å². The van der Waals surface area contributed by atoms with Crippen molar-refractivity contribution < 1.29 is 14.3 Å². The number of hydrogen-bond donors (Lipinski definition) is 0. The van der Waals surface area contributed by atoms with Crippen molar-refractivity contribution in [2.24, 2.45) is 34.5 Å². The van der Waals surface area contributed by atoms with Gasteiger partial charge in [-0.2, -0.15) is 0 Å². The molecule has 0 saturated heterocycles. The third-order valence-electron chi connectivity index (χ3n) is 10.0. The molecule has 0 bridgehead atoms. The molecule has 3 fully saturated rings. The van der Waals surface area contributed by atoms with Gasteiger partial charge in [0, 0.05) is 24.3 Å². The van der Waals surface area contributed by atoms with E-state index in [1.54, 1.807) is 0 Å². The maximum atomic E-state index is 13.4. The van der Waals surface area contributed by atoms with Crippen molar-refractivity contribution >= 4 is 29.4 Å². The van der Waals surface area contributed by atoms with E-state index in [-0.39, 0.29) is 28.8 Å². The molecule has 0 heterocycles. The topological polar surface area (TPSA) is 43.4 Å². The summed E-state index contributed by atoms with van der Waals surface area (Å²) in [6, 6.07) is 7.65. The smallest absolute Gasteiger partial charge is 0.302 e. The fourth-order valence-electron chi connectivity index (χ4n) is 8.30. The van der Waals surface area contributed by atoms with E-state index in [2.05, 4.69) is 19.9 Å². The van der Waals surface area contributed by atoms with Crippen LogP contribution in [0.4, 0.5) is 0 Å². The third kappa shape index (κ3) is 4.08. The van der Waals surface area contributed by atoms with Crippen LogP contribution in [0.5, 0.6) is 0 Å². The zero-order chi connectivity index (χ0) is 24.1. The molecule has 4 heteroatoms. The Morgan fingerprint density at radius 3 is 2.53 bits per heavy atom. The number of benzene rings is 1. The van der Waals surface area contributed by atoms with Crippen LogP contribution in [0.2, 0.25) is 5.02 Å². The highest BCUT2D eigenvalue weighted by Gasteiger charge is 2.59. The van der Waals surface area contributed by atoms with E-state index in [9.17, 15) is 9.59 Å². The van der Waals surface area contributed by atoms with E-state index in [0.29, 0.717) is 28.6 Å². The quantitative estimate of drug-likeness (QED) is 0.255. The van der Waals surface area contributed by atoms with Crippen LogP contribution in [-0.2, 0) is 14.3 Å². The number of carbonyl (C=O) groups excluding carboxylic acids is 2. The molecule has 5 rings (SSSR count). The minimum absolute atomic E-state index is 0.0446. The molecule has 4 aliphatic carbocycles. The molecule has 7 atom stereocenters. The molecule has 0 aliphatic heterocycles. The molecule has 34 heavy (non-hydrogen) atoms. The molecular weight excluding hydrogens is 444 g/mol. The van der Waals surface area contributed by atoms with Crippen LogP contribution in [0.25, 0.3) is 6.08 Å². The first-order chi connectivity index (χ1) is 16.2. The lowest BCUT2D eigenvalue weighted by Gasteiger charge is -2.58. The first kappa shape index (κ1) is 23.9. The maximum Gasteiger partial charge on any atom is 0.302 e. The largest absolute Gasteiger partial charge is 0.462 e. The van der Waals surface area contributed by atoms with Crippen LogP contribution >= 0.6 is 11.6 Å². The van der Waals surface area contributed by atoms with Gasteiger partial charge in [-0.25, -0.2) is 0 Å². The number of fused-ring (bicyclic) bond motifs is 5. The van der Waals surface area contributed by atoms with E-state index >= 15 is 0 Å². The van der Waals surface area contributed by atoms with E-state index < -0.39 is 0 Å². The predicted octanol–water partition coefficient (Wildman–Crippen LogP) is 7.43. The van der Waals surface area contributed by atoms with Crippen LogP contribution in [-0.4, -0.2) is 17.9 Å². The summed E-state index contributed by atoms with van der Waals surface area (Å²) in [5, 5.41) is 0.713. The van der Waals surface area contributed by atoms with Crippen molar-refractivity contribution in [3.05, 3.63) is 52.6 Å². The minimum Gasteiger partial charge on any atom is -0.462 e. The summed E-state index contributed by atoms with van der Waals surface area (Å²) in [6.45, 7) is 6.39. The molecule has 4 unspecified atom stereocenters. The second kappa shape index (κ2) is 8.97. The normalized spacial score (nSPS) is 39.1. The summed E-state index contributed by atoms with van der Waals surface area (Å²) >= 11 is 5.99. The average molecular weight is 481 g/mol. The van der Waals surface area contributed by atoms with Crippen molar-refractivity contribution in [3.8, 4) is 0 Å². The Balaban J connectivity index is 1.32. The minimum atomic E-state index is -0.164. The second-order valence-corrected chi connectivity index (χ2v) is 12.1. The number of ketones is 1. The third-order valence-corrected chi connectivity index (χ3v) is 10.3. The molecule has 1 aromatic rings. The van der Waals surface area contributed by atoms with Crippen molar-refractivity contribution in [1.29, 1.82) is 0 Å². The molecule has 0 radical (unpaired) electrons. The number of allylic oxidation sites excluding steroid dienone is 2. The lowest BCUT2D eigenvalue weighted by molar-refractivity contribution is -0.149. The summed E-state index contributed by atoms with van der Waals surface area (Å²) in [5.74, 6) is 2.21. The van der Waals surface area contributed by atoms with Gasteiger partial charge in [0.05, 0.1) is 0 Å². The second-order valence-electron chi connectivity index (χ2n) is 11.7. The molecule has 3 saturated carbocycles. The monoisotopic (exact) mass is 480 g/mol. The Kier molecular flexibility index (Phi) is 6.29. The summed E-state index contributed by atoms with van der Waals surface area (Å²) in [5.41, 5.74) is 2.85. The van der Waals surface area contributed by atoms with Gasteiger partial charge >= 0.3 is 5.97 Å². The van der Waals surface area contributed by atoms with Gasteiger partial charge in [-0.05, 0) is 97.3 Å². The Labute approximate surface area is 209 Å². The highest BCUT2D eigenvalue weighted by atomic mass is 35.5. The Hall–Kier alpha value is -1.87. The fourth-order valence-corrected chi connectivity index (χ4v) is 8.42. The molecular formula is C30H37ClO3. The summed E-state index contributed by atoms with van der Waals surface area (Å²) < 4.78 is 5.58. The lowest BCUT2D eigenvalue weighted by atomic mass is 9.47. The van der Waals surface area contributed by atoms with Gasteiger partial charge in [0.1, 0.15) is 6.10 Å². The first-order valence-electron chi connectivity index (χ1n) is 13.0. The molecule has 182 valence electrons. The summed E-state index contributed by atoms with van der Waals surface area (Å²) in [4.78, 5) is 24.8. The van der Waals surface area contributed by atoms with Gasteiger partial charge in [0.2, 0.25) is 0 Å². The van der Waals surface area contributed by atoms with Gasteiger partial charge < -0.3 is 4.74 Å². The summed E-state index contributed by atoms with van der Waals surface area (Å²) in [6.07, 6.45) is 14.9. The zero-order valence-electron chi connectivity index (χ0n) is 20.7. The zero-order valence-corrected chi connectivity index (χ0v) is 21.4. The standard InChI is InChI=1S/C30H37ClO3/c1-19(32)34-23-14-16-29(2)21(18-23)7-10-24-25-11-12-27(30(25,3)17-15-26(24)29)28(33)13-6-20-4-8-22(31)9-5-20/h4-9,13,23-27H,10-12,14-18H2,1-3H3/b13-6+/t23-,24?,25?,26?,27?,29-,30-/m0/s1. The number of halogens is 1. The number of esters is 1. The van der Waals surface area contributed by atoms with Gasteiger partial charge in [-0.3, -0.25) is 9.59 Å². The maximum absolute atomic E-state index is 13.4. The molecule has 0 aromatic heterocycles. The number of rotatable bonds is 4. The Morgan fingerprint density at radius 2 is 1.79 bits per heavy atom. The van der Waals surface area contributed by atoms with E-state index in [0.717, 1.165) is 50.5 Å². The average Bonchev–Trinajstić information content (AvgIpc) is 3.16. The van der Waals surface area contributed by atoms with Crippen LogP contribution in [0.15, 0.2) is 42.0 Å². The highest BCUT2D eigenvalue weighted by Crippen LogP contribution is 2.66. The Morgan fingerprint density at radius 1 is 1.03 bits per heavy atom. The van der Waals surface area contributed by atoms with E-state index in [1.807, 2.05) is 36.4 Å². The first-order valence-corrected chi connectivity index (χ1v) is 13.4. The van der Waals surface area contributed by atoms with Gasteiger partial charge in [-0.15, -0.1) is 0 Å². The fraction of sp³-hybridized carbons (Fsp3) is 0.600. The van der Waals surface area contributed by atoms with Crippen LogP contribution < -0.4 is 0 Å². The number of hydrogen-bond acceptors (Lipinski definition) is 3. The number of ether oxygens (including phenoxy) is 1. The van der Waals surface area contributed by atoms with Gasteiger partial charge in [0.25, 0.3) is 0 Å². The molecule has 0 N–H and O–H groups in total. The van der Waals surface area contributed by atoms with Crippen molar-refractivity contribution in [1.82, 2.24) is 0 Å². The molecule has 3 nitrogen and oxygen atoms in total. The molecule has 0 amide bonds. The van der Waals surface area contributed by atoms with Gasteiger partial charge in [-0.1, -0.05) is 55.3 Å². The molecule has 0 spiro atoms. The molecule has 1 aromatic carbocycles. The summed E-state index contributed by atoms with van der Waals surface area (Å²) in [7, 11) is 0. The van der Waals surface area contributed by atoms with Crippen LogP contribution in [0, 0.1) is 34.5 Å². The van der Waals surface area contributed by atoms with Crippen LogP contribution in [0.3, 0.4) is 0 Å².